The van der Waals surface area contributed by atoms with Crippen molar-refractivity contribution in [2.24, 2.45) is 0 Å². The summed E-state index contributed by atoms with van der Waals surface area (Å²) in [7, 11) is -3.57. The Morgan fingerprint density at radius 1 is 1.41 bits per heavy atom. The largest absolute Gasteiger partial charge is 0.314 e. The first-order valence-electron chi connectivity index (χ1n) is 5.57. The Labute approximate surface area is 102 Å². The first kappa shape index (κ1) is 14.3. The molecule has 0 aromatic rings. The van der Waals surface area contributed by atoms with Crippen LogP contribution in [0.4, 0.5) is 0 Å². The zero-order valence-corrected chi connectivity index (χ0v) is 10.5. The molecule has 1 heterocycles. The van der Waals surface area contributed by atoms with Crippen LogP contribution in [0.1, 0.15) is 12.8 Å². The van der Waals surface area contributed by atoms with Crippen molar-refractivity contribution in [1.82, 2.24) is 10.4 Å². The Morgan fingerprint density at radius 3 is 2.65 bits per heavy atom. The molecule has 0 atom stereocenters. The van der Waals surface area contributed by atoms with Crippen molar-refractivity contribution in [2.75, 3.05) is 31.9 Å². The molecule has 0 saturated carbocycles. The summed E-state index contributed by atoms with van der Waals surface area (Å²) in [6.45, 7) is 5.84. The molecule has 1 rings (SSSR count). The van der Waals surface area contributed by atoms with Crippen LogP contribution in [0.25, 0.3) is 0 Å². The predicted octanol–water partition coefficient (Wildman–Crippen LogP) is -0.312. The second-order valence-corrected chi connectivity index (χ2v) is 5.46. The Morgan fingerprint density at radius 2 is 2.06 bits per heavy atom. The highest BCUT2D eigenvalue weighted by Gasteiger charge is 2.19. The summed E-state index contributed by atoms with van der Waals surface area (Å²) >= 11 is 0. The molecule has 0 aromatic carbocycles. The van der Waals surface area contributed by atoms with E-state index in [2.05, 4.69) is 11.9 Å². The van der Waals surface area contributed by atoms with E-state index in [4.69, 9.17) is 4.28 Å². The van der Waals surface area contributed by atoms with Gasteiger partial charge in [-0.25, -0.2) is 0 Å². The van der Waals surface area contributed by atoms with Gasteiger partial charge in [-0.15, -0.1) is 0 Å². The van der Waals surface area contributed by atoms with Crippen LogP contribution in [0.3, 0.4) is 0 Å². The smallest absolute Gasteiger partial charge is 0.283 e. The van der Waals surface area contributed by atoms with Gasteiger partial charge in [0, 0.05) is 32.6 Å². The number of hydroxylamine groups is 2. The lowest BCUT2D eigenvalue weighted by Gasteiger charge is -2.25. The van der Waals surface area contributed by atoms with Crippen molar-refractivity contribution in [1.29, 1.82) is 0 Å². The zero-order chi connectivity index (χ0) is 12.7. The lowest BCUT2D eigenvalue weighted by atomic mass is 10.2. The second-order valence-electron chi connectivity index (χ2n) is 3.79. The minimum Gasteiger partial charge on any atom is -0.314 e. The zero-order valence-electron chi connectivity index (χ0n) is 9.72. The van der Waals surface area contributed by atoms with Gasteiger partial charge in [0.25, 0.3) is 10.1 Å². The van der Waals surface area contributed by atoms with E-state index in [-0.39, 0.29) is 24.4 Å². The normalized spacial score (nSPS) is 17.9. The third-order valence-electron chi connectivity index (χ3n) is 2.34. The van der Waals surface area contributed by atoms with E-state index < -0.39 is 10.1 Å². The molecule has 17 heavy (non-hydrogen) atoms. The Bertz CT molecular complexity index is 361. The van der Waals surface area contributed by atoms with Crippen LogP contribution in [0, 0.1) is 0 Å². The van der Waals surface area contributed by atoms with E-state index in [0.29, 0.717) is 26.2 Å². The number of allylic oxidation sites excluding steroid dienone is 1. The Kier molecular flexibility index (Phi) is 5.76. The van der Waals surface area contributed by atoms with E-state index >= 15 is 0 Å². The van der Waals surface area contributed by atoms with Gasteiger partial charge in [-0.3, -0.25) is 4.79 Å². The molecule has 0 unspecified atom stereocenters. The minimum atomic E-state index is -3.57. The fourth-order valence-electron chi connectivity index (χ4n) is 1.44. The van der Waals surface area contributed by atoms with Crippen LogP contribution in [0.15, 0.2) is 12.7 Å². The van der Waals surface area contributed by atoms with Crippen molar-refractivity contribution in [3.63, 3.8) is 0 Å². The van der Waals surface area contributed by atoms with Crippen molar-refractivity contribution in [3.05, 3.63) is 12.7 Å². The predicted molar refractivity (Wildman–Crippen MR) is 63.8 cm³/mol. The first-order valence-corrected chi connectivity index (χ1v) is 7.14. The maximum Gasteiger partial charge on any atom is 0.283 e. The number of carbonyl (C=O) groups excluding carboxylic acids is 1. The maximum atomic E-state index is 11.5. The van der Waals surface area contributed by atoms with Gasteiger partial charge in [-0.2, -0.15) is 17.8 Å². The Hall–Kier alpha value is -0.760. The Balaban J connectivity index is 2.29. The average molecular weight is 262 g/mol. The number of nitrogens with one attached hydrogen (secondary N) is 1. The van der Waals surface area contributed by atoms with Crippen LogP contribution in [-0.2, 0) is 19.2 Å². The molecule has 0 radical (unpaired) electrons. The van der Waals surface area contributed by atoms with Crippen LogP contribution >= 0.6 is 0 Å². The van der Waals surface area contributed by atoms with Crippen molar-refractivity contribution < 1.29 is 17.5 Å². The molecule has 1 saturated heterocycles. The highest BCUT2D eigenvalue weighted by atomic mass is 32.2. The molecule has 1 aliphatic rings. The number of nitrogens with zero attached hydrogens (tertiary/aromatic N) is 1. The number of hydrogen-bond acceptors (Lipinski definition) is 6. The van der Waals surface area contributed by atoms with E-state index in [1.165, 1.54) is 11.1 Å². The summed E-state index contributed by atoms with van der Waals surface area (Å²) in [6.07, 6.45) is 1.65. The summed E-state index contributed by atoms with van der Waals surface area (Å²) in [5.74, 6) is -0.293. The molecule has 1 aliphatic heterocycles. The van der Waals surface area contributed by atoms with Crippen molar-refractivity contribution >= 4 is 15.9 Å². The molecular formula is C10H18N2O4S. The number of piperazine rings is 1. The lowest BCUT2D eigenvalue weighted by molar-refractivity contribution is -0.114. The topological polar surface area (TPSA) is 75.7 Å². The van der Waals surface area contributed by atoms with Crippen molar-refractivity contribution in [2.45, 2.75) is 12.8 Å². The third kappa shape index (κ3) is 5.92. The quantitative estimate of drug-likeness (QED) is 0.634. The number of hydrogen-bond donors (Lipinski definition) is 1. The number of carbonyl (C=O) groups is 1. The van der Waals surface area contributed by atoms with E-state index in [9.17, 15) is 13.2 Å². The molecular weight excluding hydrogens is 244 g/mol. The van der Waals surface area contributed by atoms with E-state index in [0.717, 1.165) is 0 Å². The van der Waals surface area contributed by atoms with Crippen LogP contribution in [0.5, 0.6) is 0 Å². The molecule has 1 N–H and O–H groups in total. The van der Waals surface area contributed by atoms with Crippen LogP contribution in [0.2, 0.25) is 0 Å². The summed E-state index contributed by atoms with van der Waals surface area (Å²) < 4.78 is 28.0. The molecule has 0 aromatic heterocycles. The summed E-state index contributed by atoms with van der Waals surface area (Å²) in [5, 5.41) is 4.53. The molecule has 0 aliphatic carbocycles. The molecule has 0 amide bonds. The van der Waals surface area contributed by atoms with Crippen LogP contribution < -0.4 is 5.32 Å². The van der Waals surface area contributed by atoms with Gasteiger partial charge < -0.3 is 5.32 Å². The minimum absolute atomic E-state index is 0.142. The summed E-state index contributed by atoms with van der Waals surface area (Å²) in [4.78, 5) is 10.9. The fraction of sp³-hybridized carbons (Fsp3) is 0.700. The van der Waals surface area contributed by atoms with Gasteiger partial charge >= 0.3 is 0 Å². The highest BCUT2D eigenvalue weighted by Crippen LogP contribution is 2.05. The third-order valence-corrected chi connectivity index (χ3v) is 3.57. The maximum absolute atomic E-state index is 11.5. The molecule has 6 nitrogen and oxygen atoms in total. The van der Waals surface area contributed by atoms with E-state index in [1.54, 1.807) is 0 Å². The highest BCUT2D eigenvalue weighted by molar-refractivity contribution is 7.86. The van der Waals surface area contributed by atoms with Gasteiger partial charge in [-0.1, -0.05) is 6.58 Å². The van der Waals surface area contributed by atoms with Gasteiger partial charge in [-0.05, 0) is 12.5 Å². The number of rotatable bonds is 7. The SMILES string of the molecule is C=CC(=O)CCCS(=O)(=O)ON1CCNCC1. The molecule has 1 fully saturated rings. The van der Waals surface area contributed by atoms with E-state index in [1.807, 2.05) is 0 Å². The lowest BCUT2D eigenvalue weighted by Crippen LogP contribution is -2.44. The molecule has 7 heteroatoms. The van der Waals surface area contributed by atoms with Gasteiger partial charge in [0.1, 0.15) is 0 Å². The average Bonchev–Trinajstić information content (AvgIpc) is 2.29. The first-order chi connectivity index (χ1) is 8.03. The van der Waals surface area contributed by atoms with Gasteiger partial charge in [0.05, 0.1) is 5.75 Å². The molecule has 98 valence electrons. The summed E-state index contributed by atoms with van der Waals surface area (Å²) in [5.41, 5.74) is 0. The second kappa shape index (κ2) is 6.85. The van der Waals surface area contributed by atoms with Gasteiger partial charge in [0.15, 0.2) is 5.78 Å². The number of ketones is 1. The monoisotopic (exact) mass is 262 g/mol. The fourth-order valence-corrected chi connectivity index (χ4v) is 2.48. The van der Waals surface area contributed by atoms with Crippen molar-refractivity contribution in [3.8, 4) is 0 Å². The molecule has 0 spiro atoms. The summed E-state index contributed by atoms with van der Waals surface area (Å²) in [6, 6.07) is 0. The van der Waals surface area contributed by atoms with Crippen LogP contribution in [-0.4, -0.2) is 51.2 Å². The standard InChI is InChI=1S/C10H18N2O4S/c1-2-10(13)4-3-9-17(14,15)16-12-7-5-11-6-8-12/h2,11H,1,3-9H2. The van der Waals surface area contributed by atoms with Gasteiger partial charge in [0.2, 0.25) is 0 Å². The molecule has 0 bridgehead atoms.